The van der Waals surface area contributed by atoms with Crippen molar-refractivity contribution in [3.05, 3.63) is 24.0 Å². The van der Waals surface area contributed by atoms with Crippen molar-refractivity contribution in [2.45, 2.75) is 39.8 Å². The molecule has 1 aliphatic heterocycles. The molecule has 1 aliphatic rings. The van der Waals surface area contributed by atoms with E-state index in [1.165, 1.54) is 32.0 Å². The van der Waals surface area contributed by atoms with Gasteiger partial charge in [-0.1, -0.05) is 12.7 Å². The van der Waals surface area contributed by atoms with Crippen LogP contribution < -0.4 is 10.6 Å². The summed E-state index contributed by atoms with van der Waals surface area (Å²) in [6, 6.07) is 0. The van der Waals surface area contributed by atoms with Gasteiger partial charge in [0.05, 0.1) is 0 Å². The average Bonchev–Trinajstić information content (AvgIpc) is 2.17. The van der Waals surface area contributed by atoms with Gasteiger partial charge in [0.2, 0.25) is 0 Å². The summed E-state index contributed by atoms with van der Waals surface area (Å²) in [5.41, 5.74) is 2.15. The Kier molecular flexibility index (Phi) is 7.78. The molecular formula is C12H23FN2. The van der Waals surface area contributed by atoms with Crippen molar-refractivity contribution >= 4 is 0 Å². The summed E-state index contributed by atoms with van der Waals surface area (Å²) >= 11 is 0. The first-order chi connectivity index (χ1) is 7.02. The number of rotatable bonds is 3. The van der Waals surface area contributed by atoms with E-state index in [1.54, 1.807) is 0 Å². The van der Waals surface area contributed by atoms with Crippen LogP contribution >= 0.6 is 0 Å². The standard InChI is InChI=1S/C6H12FN.C6H11N/c1-5(2)8-4-6(3)7;1-6-4-2-3-5-7-6/h6,8H,1,4H2,2-3H3;4,7H,2-3,5H2,1H3. The largest absolute Gasteiger partial charge is 0.389 e. The van der Waals surface area contributed by atoms with Gasteiger partial charge in [0, 0.05) is 24.5 Å². The van der Waals surface area contributed by atoms with Crippen LogP contribution in [0.3, 0.4) is 0 Å². The molecule has 88 valence electrons. The summed E-state index contributed by atoms with van der Waals surface area (Å²) in [5.74, 6) is 0. The summed E-state index contributed by atoms with van der Waals surface area (Å²) in [5, 5.41) is 6.02. The Labute approximate surface area is 92.6 Å². The Morgan fingerprint density at radius 2 is 2.40 bits per heavy atom. The second-order valence-corrected chi connectivity index (χ2v) is 3.90. The maximum atomic E-state index is 12.0. The minimum absolute atomic E-state index is 0.370. The van der Waals surface area contributed by atoms with Gasteiger partial charge >= 0.3 is 0 Å². The number of hydrogen-bond acceptors (Lipinski definition) is 2. The van der Waals surface area contributed by atoms with Gasteiger partial charge in [-0.2, -0.15) is 0 Å². The van der Waals surface area contributed by atoms with Crippen LogP contribution in [0.5, 0.6) is 0 Å². The average molecular weight is 214 g/mol. The van der Waals surface area contributed by atoms with E-state index in [4.69, 9.17) is 0 Å². The topological polar surface area (TPSA) is 24.1 Å². The first-order valence-electron chi connectivity index (χ1n) is 5.46. The fourth-order valence-electron chi connectivity index (χ4n) is 1.09. The molecule has 2 N–H and O–H groups in total. The van der Waals surface area contributed by atoms with Crippen molar-refractivity contribution in [3.63, 3.8) is 0 Å². The van der Waals surface area contributed by atoms with E-state index in [-0.39, 0.29) is 0 Å². The SMILES string of the molecule is C=C(C)NCC(C)F.CC1=CCCCN1. The van der Waals surface area contributed by atoms with Gasteiger partial charge in [-0.05, 0) is 33.6 Å². The maximum Gasteiger partial charge on any atom is 0.114 e. The Bertz CT molecular complexity index is 210. The number of alkyl halides is 1. The van der Waals surface area contributed by atoms with Crippen molar-refractivity contribution in [2.75, 3.05) is 13.1 Å². The van der Waals surface area contributed by atoms with E-state index in [0.29, 0.717) is 6.54 Å². The molecule has 1 heterocycles. The van der Waals surface area contributed by atoms with Crippen LogP contribution in [0.2, 0.25) is 0 Å². The number of hydrogen-bond donors (Lipinski definition) is 2. The van der Waals surface area contributed by atoms with Gasteiger partial charge < -0.3 is 10.6 Å². The van der Waals surface area contributed by atoms with E-state index in [2.05, 4.69) is 30.2 Å². The first-order valence-corrected chi connectivity index (χ1v) is 5.46. The molecule has 0 aliphatic carbocycles. The van der Waals surface area contributed by atoms with Crippen LogP contribution in [0, 0.1) is 0 Å². The molecule has 1 unspecified atom stereocenters. The molecule has 0 spiro atoms. The van der Waals surface area contributed by atoms with Gasteiger partial charge in [0.25, 0.3) is 0 Å². The van der Waals surface area contributed by atoms with Crippen LogP contribution in [0.15, 0.2) is 24.0 Å². The van der Waals surface area contributed by atoms with Crippen molar-refractivity contribution < 1.29 is 4.39 Å². The van der Waals surface area contributed by atoms with Crippen LogP contribution in [0.4, 0.5) is 4.39 Å². The van der Waals surface area contributed by atoms with E-state index >= 15 is 0 Å². The van der Waals surface area contributed by atoms with Gasteiger partial charge in [-0.3, -0.25) is 0 Å². The van der Waals surface area contributed by atoms with E-state index in [9.17, 15) is 4.39 Å². The molecule has 0 bridgehead atoms. The lowest BCUT2D eigenvalue weighted by Crippen LogP contribution is -2.19. The van der Waals surface area contributed by atoms with Crippen LogP contribution in [-0.2, 0) is 0 Å². The van der Waals surface area contributed by atoms with Crippen LogP contribution in [-0.4, -0.2) is 19.3 Å². The highest BCUT2D eigenvalue weighted by atomic mass is 19.1. The van der Waals surface area contributed by atoms with Gasteiger partial charge in [-0.25, -0.2) is 4.39 Å². The zero-order valence-electron chi connectivity index (χ0n) is 10.1. The summed E-state index contributed by atoms with van der Waals surface area (Å²) in [7, 11) is 0. The molecule has 0 aromatic rings. The summed E-state index contributed by atoms with van der Waals surface area (Å²) in [4.78, 5) is 0. The Morgan fingerprint density at radius 1 is 1.73 bits per heavy atom. The van der Waals surface area contributed by atoms with Crippen LogP contribution in [0.1, 0.15) is 33.6 Å². The smallest absolute Gasteiger partial charge is 0.114 e. The van der Waals surface area contributed by atoms with E-state index in [1.807, 2.05) is 6.92 Å². The van der Waals surface area contributed by atoms with Crippen molar-refractivity contribution in [3.8, 4) is 0 Å². The lowest BCUT2D eigenvalue weighted by atomic mass is 10.2. The predicted octanol–water partition coefficient (Wildman–Crippen LogP) is 2.74. The Morgan fingerprint density at radius 3 is 2.60 bits per heavy atom. The summed E-state index contributed by atoms with van der Waals surface area (Å²) in [6.45, 7) is 10.5. The van der Waals surface area contributed by atoms with Crippen molar-refractivity contribution in [1.82, 2.24) is 10.6 Å². The Hall–Kier alpha value is -0.990. The monoisotopic (exact) mass is 214 g/mol. The molecule has 0 aromatic heterocycles. The molecule has 0 aromatic carbocycles. The van der Waals surface area contributed by atoms with Gasteiger partial charge in [0.15, 0.2) is 0 Å². The molecule has 1 rings (SSSR count). The molecule has 0 saturated carbocycles. The third-order valence-corrected chi connectivity index (χ3v) is 1.92. The van der Waals surface area contributed by atoms with Crippen molar-refractivity contribution in [2.24, 2.45) is 0 Å². The summed E-state index contributed by atoms with van der Waals surface area (Å²) in [6.07, 6.45) is 4.02. The highest BCUT2D eigenvalue weighted by Gasteiger charge is 1.93. The molecule has 1 atom stereocenters. The predicted molar refractivity (Wildman–Crippen MR) is 64.4 cm³/mol. The number of halogens is 1. The zero-order valence-corrected chi connectivity index (χ0v) is 10.1. The normalized spacial score (nSPS) is 16.4. The van der Waals surface area contributed by atoms with Crippen LogP contribution in [0.25, 0.3) is 0 Å². The molecule has 3 heteroatoms. The second kappa shape index (κ2) is 8.33. The molecule has 0 saturated heterocycles. The molecule has 2 nitrogen and oxygen atoms in total. The highest BCUT2D eigenvalue weighted by Crippen LogP contribution is 2.00. The molecule has 15 heavy (non-hydrogen) atoms. The number of allylic oxidation sites excluding steroid dienone is 3. The fraction of sp³-hybridized carbons (Fsp3) is 0.667. The second-order valence-electron chi connectivity index (χ2n) is 3.90. The third kappa shape index (κ3) is 10.9. The third-order valence-electron chi connectivity index (χ3n) is 1.92. The highest BCUT2D eigenvalue weighted by molar-refractivity contribution is 4.98. The maximum absolute atomic E-state index is 12.0. The number of nitrogens with one attached hydrogen (secondary N) is 2. The fourth-order valence-corrected chi connectivity index (χ4v) is 1.09. The van der Waals surface area contributed by atoms with E-state index < -0.39 is 6.17 Å². The zero-order chi connectivity index (χ0) is 11.7. The van der Waals surface area contributed by atoms with E-state index in [0.717, 1.165) is 5.70 Å². The van der Waals surface area contributed by atoms with Gasteiger partial charge in [-0.15, -0.1) is 0 Å². The van der Waals surface area contributed by atoms with Crippen molar-refractivity contribution in [1.29, 1.82) is 0 Å². The molecular weight excluding hydrogens is 191 g/mol. The quantitative estimate of drug-likeness (QED) is 0.755. The molecule has 0 amide bonds. The minimum Gasteiger partial charge on any atom is -0.389 e. The first kappa shape index (κ1) is 14.0. The lowest BCUT2D eigenvalue weighted by Gasteiger charge is -2.09. The minimum atomic E-state index is -0.785. The Balaban J connectivity index is 0.000000262. The van der Waals surface area contributed by atoms with Gasteiger partial charge in [0.1, 0.15) is 6.17 Å². The molecule has 0 radical (unpaired) electrons. The molecule has 0 fully saturated rings. The summed E-state index contributed by atoms with van der Waals surface area (Å²) < 4.78 is 12.0. The lowest BCUT2D eigenvalue weighted by molar-refractivity contribution is 0.354.